The van der Waals surface area contributed by atoms with Crippen molar-refractivity contribution in [1.29, 1.82) is 0 Å². The van der Waals surface area contributed by atoms with E-state index in [1.54, 1.807) is 19.1 Å². The van der Waals surface area contributed by atoms with Gasteiger partial charge in [0.05, 0.1) is 0 Å². The van der Waals surface area contributed by atoms with Crippen LogP contribution in [-0.4, -0.2) is 30.7 Å². The maximum absolute atomic E-state index is 12.5. The fourth-order valence-electron chi connectivity index (χ4n) is 3.19. The molecule has 3 rings (SSSR count). The van der Waals surface area contributed by atoms with Gasteiger partial charge in [0.25, 0.3) is 5.91 Å². The third-order valence-corrected chi connectivity index (χ3v) is 5.16. The number of nitrogens with one attached hydrogen (secondary N) is 2. The fourth-order valence-corrected chi connectivity index (χ4v) is 3.19. The molecule has 0 aliphatic carbocycles. The molecule has 172 valence electrons. The Labute approximate surface area is 200 Å². The monoisotopic (exact) mass is 452 g/mol. The molecule has 0 saturated heterocycles. The van der Waals surface area contributed by atoms with Crippen LogP contribution in [-0.2, 0) is 4.79 Å². The first-order valence-electron chi connectivity index (χ1n) is 11.1. The molecule has 0 spiro atoms. The molecule has 5 nitrogen and oxygen atoms in total. The van der Waals surface area contributed by atoms with E-state index in [1.807, 2.05) is 78.9 Å². The van der Waals surface area contributed by atoms with E-state index in [2.05, 4.69) is 17.2 Å². The number of rotatable bonds is 10. The summed E-state index contributed by atoms with van der Waals surface area (Å²) in [6, 6.07) is 24.0. The first-order chi connectivity index (χ1) is 16.4. The summed E-state index contributed by atoms with van der Waals surface area (Å²) < 4.78 is 0. The van der Waals surface area contributed by atoms with Gasteiger partial charge in [-0.2, -0.15) is 0 Å². The highest BCUT2D eigenvalue weighted by molar-refractivity contribution is 6.09. The summed E-state index contributed by atoms with van der Waals surface area (Å²) in [5.74, 6) is -0.325. The normalized spacial score (nSPS) is 10.6. The van der Waals surface area contributed by atoms with Gasteiger partial charge in [0, 0.05) is 35.4 Å². The van der Waals surface area contributed by atoms with E-state index < -0.39 is 0 Å². The van der Waals surface area contributed by atoms with Crippen molar-refractivity contribution in [2.75, 3.05) is 13.1 Å². The van der Waals surface area contributed by atoms with Crippen LogP contribution >= 0.6 is 0 Å². The lowest BCUT2D eigenvalue weighted by Gasteiger charge is -2.07. The second-order valence-electron chi connectivity index (χ2n) is 7.92. The van der Waals surface area contributed by atoms with Crippen molar-refractivity contribution < 1.29 is 14.4 Å². The quantitative estimate of drug-likeness (QED) is 0.199. The molecule has 5 heteroatoms. The Kier molecular flexibility index (Phi) is 8.69. The van der Waals surface area contributed by atoms with Crippen molar-refractivity contribution in [3.8, 4) is 0 Å². The summed E-state index contributed by atoms with van der Waals surface area (Å²) in [7, 11) is 0. The van der Waals surface area contributed by atoms with Crippen molar-refractivity contribution in [2.24, 2.45) is 0 Å². The van der Waals surface area contributed by atoms with E-state index in [-0.39, 0.29) is 17.6 Å². The van der Waals surface area contributed by atoms with E-state index >= 15 is 0 Å². The lowest BCUT2D eigenvalue weighted by atomic mass is 10.0. The van der Waals surface area contributed by atoms with Crippen LogP contribution in [0.4, 0.5) is 0 Å². The van der Waals surface area contributed by atoms with Gasteiger partial charge < -0.3 is 10.6 Å². The van der Waals surface area contributed by atoms with Gasteiger partial charge in [0.2, 0.25) is 5.91 Å². The lowest BCUT2D eigenvalue weighted by molar-refractivity contribution is -0.117. The average Bonchev–Trinajstić information content (AvgIpc) is 2.87. The molecule has 0 unspecified atom stereocenters. The Bertz CT molecular complexity index is 1180. The highest BCUT2D eigenvalue weighted by Crippen LogP contribution is 2.14. The molecule has 2 amide bonds. The van der Waals surface area contributed by atoms with Crippen LogP contribution < -0.4 is 10.6 Å². The molecule has 0 heterocycles. The third kappa shape index (κ3) is 7.14. The number of hydrogen-bond acceptors (Lipinski definition) is 3. The Balaban J connectivity index is 1.48. The Morgan fingerprint density at radius 3 is 1.76 bits per heavy atom. The van der Waals surface area contributed by atoms with Crippen molar-refractivity contribution >= 4 is 29.7 Å². The minimum absolute atomic E-state index is 0.00149. The SMILES string of the molecule is C=C(C)C(=O)NCCCNC(=O)c1ccc(C=Cc2ccc(C(=O)c3ccccc3)cc2)cc1. The minimum Gasteiger partial charge on any atom is -0.352 e. The molecule has 0 saturated carbocycles. The number of benzene rings is 3. The Morgan fingerprint density at radius 2 is 1.21 bits per heavy atom. The zero-order valence-electron chi connectivity index (χ0n) is 19.2. The highest BCUT2D eigenvalue weighted by atomic mass is 16.2. The van der Waals surface area contributed by atoms with Crippen LogP contribution in [0.2, 0.25) is 0 Å². The molecule has 3 aromatic carbocycles. The van der Waals surface area contributed by atoms with E-state index in [1.165, 1.54) is 0 Å². The Hall–Kier alpha value is -4.25. The molecule has 0 aliphatic rings. The van der Waals surface area contributed by atoms with E-state index in [9.17, 15) is 14.4 Å². The van der Waals surface area contributed by atoms with Gasteiger partial charge in [-0.15, -0.1) is 0 Å². The highest BCUT2D eigenvalue weighted by Gasteiger charge is 2.08. The molecule has 3 aromatic rings. The number of amides is 2. The molecule has 0 fully saturated rings. The Morgan fingerprint density at radius 1 is 0.706 bits per heavy atom. The second-order valence-corrected chi connectivity index (χ2v) is 7.92. The maximum Gasteiger partial charge on any atom is 0.251 e. The molecular weight excluding hydrogens is 424 g/mol. The summed E-state index contributed by atoms with van der Waals surface area (Å²) in [6.07, 6.45) is 4.56. The van der Waals surface area contributed by atoms with Gasteiger partial charge in [-0.1, -0.05) is 85.5 Å². The standard InChI is InChI=1S/C29H28N2O3/c1-21(2)28(33)30-19-6-20-31-29(34)26-17-13-23(14-18-26)10-9-22-11-15-25(16-12-22)27(32)24-7-4-3-5-8-24/h3-5,7-18H,1,6,19-20H2,2H3,(H,30,33)(H,31,34). The molecular formula is C29H28N2O3. The first kappa shape index (κ1) is 24.4. The van der Waals surface area contributed by atoms with Crippen molar-refractivity contribution in [3.05, 3.63) is 119 Å². The van der Waals surface area contributed by atoms with Crippen LogP contribution in [0.25, 0.3) is 12.2 Å². The molecule has 0 bridgehead atoms. The fraction of sp³-hybridized carbons (Fsp3) is 0.138. The summed E-state index contributed by atoms with van der Waals surface area (Å²) in [4.78, 5) is 36.2. The molecule has 0 atom stereocenters. The second kappa shape index (κ2) is 12.1. The molecule has 0 aromatic heterocycles. The van der Waals surface area contributed by atoms with Crippen molar-refractivity contribution in [1.82, 2.24) is 10.6 Å². The third-order valence-electron chi connectivity index (χ3n) is 5.16. The molecule has 0 radical (unpaired) electrons. The largest absolute Gasteiger partial charge is 0.352 e. The number of carbonyl (C=O) groups excluding carboxylic acids is 3. The van der Waals surface area contributed by atoms with Crippen LogP contribution in [0.1, 0.15) is 50.8 Å². The summed E-state index contributed by atoms with van der Waals surface area (Å²) in [6.45, 7) is 6.19. The van der Waals surface area contributed by atoms with E-state index in [0.29, 0.717) is 41.8 Å². The van der Waals surface area contributed by atoms with Gasteiger partial charge in [-0.25, -0.2) is 0 Å². The van der Waals surface area contributed by atoms with Crippen molar-refractivity contribution in [3.63, 3.8) is 0 Å². The minimum atomic E-state index is -0.174. The predicted molar refractivity (Wildman–Crippen MR) is 136 cm³/mol. The number of ketones is 1. The lowest BCUT2D eigenvalue weighted by Crippen LogP contribution is -2.30. The van der Waals surface area contributed by atoms with Crippen LogP contribution in [0.15, 0.2) is 91.0 Å². The number of hydrogen-bond donors (Lipinski definition) is 2. The summed E-state index contributed by atoms with van der Waals surface area (Å²) in [5, 5.41) is 5.58. The smallest absolute Gasteiger partial charge is 0.251 e. The molecule has 2 N–H and O–H groups in total. The zero-order valence-corrected chi connectivity index (χ0v) is 19.2. The van der Waals surface area contributed by atoms with Gasteiger partial charge >= 0.3 is 0 Å². The van der Waals surface area contributed by atoms with E-state index in [0.717, 1.165) is 11.1 Å². The van der Waals surface area contributed by atoms with Crippen LogP contribution in [0.3, 0.4) is 0 Å². The van der Waals surface area contributed by atoms with Gasteiger partial charge in [0.15, 0.2) is 5.78 Å². The summed E-state index contributed by atoms with van der Waals surface area (Å²) >= 11 is 0. The summed E-state index contributed by atoms with van der Waals surface area (Å²) in [5.41, 5.74) is 4.30. The molecule has 0 aliphatic heterocycles. The predicted octanol–water partition coefficient (Wildman–Crippen LogP) is 4.90. The van der Waals surface area contributed by atoms with Gasteiger partial charge in [-0.3, -0.25) is 14.4 Å². The number of carbonyl (C=O) groups is 3. The van der Waals surface area contributed by atoms with Crippen LogP contribution in [0, 0.1) is 0 Å². The van der Waals surface area contributed by atoms with Gasteiger partial charge in [-0.05, 0) is 36.6 Å². The van der Waals surface area contributed by atoms with Gasteiger partial charge in [0.1, 0.15) is 0 Å². The zero-order chi connectivity index (χ0) is 24.3. The average molecular weight is 453 g/mol. The first-order valence-corrected chi connectivity index (χ1v) is 11.1. The van der Waals surface area contributed by atoms with Crippen molar-refractivity contribution in [2.45, 2.75) is 13.3 Å². The molecule has 34 heavy (non-hydrogen) atoms. The topological polar surface area (TPSA) is 75.3 Å². The maximum atomic E-state index is 12.5. The van der Waals surface area contributed by atoms with Crippen LogP contribution in [0.5, 0.6) is 0 Å². The van der Waals surface area contributed by atoms with E-state index in [4.69, 9.17) is 0 Å².